The van der Waals surface area contributed by atoms with Gasteiger partial charge >= 0.3 is 0 Å². The van der Waals surface area contributed by atoms with Gasteiger partial charge in [0.05, 0.1) is 6.10 Å². The minimum Gasteiger partial charge on any atom is -0.391 e. The first kappa shape index (κ1) is 17.4. The van der Waals surface area contributed by atoms with Gasteiger partial charge in [-0.2, -0.15) is 0 Å². The summed E-state index contributed by atoms with van der Waals surface area (Å²) in [5, 5.41) is 12.8. The third kappa shape index (κ3) is 6.97. The normalized spacial score (nSPS) is 16.7. The van der Waals surface area contributed by atoms with Crippen LogP contribution in [0.4, 0.5) is 0 Å². The van der Waals surface area contributed by atoms with E-state index >= 15 is 0 Å². The molecule has 1 amide bonds. The minimum atomic E-state index is -0.603. The number of aliphatic hydroxyl groups is 1. The van der Waals surface area contributed by atoms with Crippen molar-refractivity contribution in [3.05, 3.63) is 0 Å². The van der Waals surface area contributed by atoms with E-state index in [4.69, 9.17) is 5.73 Å². The van der Waals surface area contributed by atoms with Crippen LogP contribution in [0.3, 0.4) is 0 Å². The number of carbonyl (C=O) groups excluding carboxylic acids is 1. The fourth-order valence-electron chi connectivity index (χ4n) is 2.25. The molecular formula is C14H30N2O2. The molecule has 0 aromatic rings. The van der Waals surface area contributed by atoms with Crippen LogP contribution in [0.1, 0.15) is 47.0 Å². The van der Waals surface area contributed by atoms with Gasteiger partial charge in [-0.15, -0.1) is 0 Å². The van der Waals surface area contributed by atoms with E-state index in [1.807, 2.05) is 0 Å². The lowest BCUT2D eigenvalue weighted by molar-refractivity contribution is -0.126. The number of hydrogen-bond acceptors (Lipinski definition) is 3. The van der Waals surface area contributed by atoms with Crippen LogP contribution >= 0.6 is 0 Å². The van der Waals surface area contributed by atoms with Gasteiger partial charge < -0.3 is 16.2 Å². The van der Waals surface area contributed by atoms with Crippen molar-refractivity contribution in [2.24, 2.45) is 23.5 Å². The topological polar surface area (TPSA) is 75.3 Å². The zero-order valence-electron chi connectivity index (χ0n) is 12.4. The summed E-state index contributed by atoms with van der Waals surface area (Å²) in [6, 6.07) is -0.246. The van der Waals surface area contributed by atoms with Crippen molar-refractivity contribution in [1.82, 2.24) is 5.32 Å². The number of rotatable bonds is 8. The Bertz CT molecular complexity index is 242. The maximum absolute atomic E-state index is 11.8. The van der Waals surface area contributed by atoms with E-state index in [1.165, 1.54) is 0 Å². The number of hydrogen-bond donors (Lipinski definition) is 3. The first-order chi connectivity index (χ1) is 8.27. The van der Waals surface area contributed by atoms with Gasteiger partial charge in [-0.05, 0) is 31.1 Å². The zero-order valence-corrected chi connectivity index (χ0v) is 12.4. The molecule has 0 heterocycles. The van der Waals surface area contributed by atoms with Crippen molar-refractivity contribution >= 4 is 5.91 Å². The van der Waals surface area contributed by atoms with Crippen LogP contribution in [-0.4, -0.2) is 30.2 Å². The molecule has 4 heteroatoms. The van der Waals surface area contributed by atoms with Gasteiger partial charge in [0.15, 0.2) is 0 Å². The SMILES string of the molecule is CNC(=O)[C@H](CC(C)C)C[C@H](O)[C@@H](N)CC(C)C. The lowest BCUT2D eigenvalue weighted by Crippen LogP contribution is -2.40. The predicted octanol–water partition coefficient (Wildman–Crippen LogP) is 1.52. The molecular weight excluding hydrogens is 228 g/mol. The van der Waals surface area contributed by atoms with Gasteiger partial charge in [0.25, 0.3) is 0 Å². The molecule has 0 rings (SSSR count). The minimum absolute atomic E-state index is 0.000466. The highest BCUT2D eigenvalue weighted by atomic mass is 16.3. The molecule has 0 aliphatic heterocycles. The van der Waals surface area contributed by atoms with Crippen LogP contribution < -0.4 is 11.1 Å². The van der Waals surface area contributed by atoms with Gasteiger partial charge in [-0.3, -0.25) is 4.79 Å². The maximum Gasteiger partial charge on any atom is 0.222 e. The number of carbonyl (C=O) groups is 1. The summed E-state index contributed by atoms with van der Waals surface area (Å²) >= 11 is 0. The van der Waals surface area contributed by atoms with Crippen LogP contribution in [0.5, 0.6) is 0 Å². The fourth-order valence-corrected chi connectivity index (χ4v) is 2.25. The Morgan fingerprint density at radius 3 is 2.00 bits per heavy atom. The Kier molecular flexibility index (Phi) is 8.20. The van der Waals surface area contributed by atoms with E-state index in [0.29, 0.717) is 18.3 Å². The summed E-state index contributed by atoms with van der Waals surface area (Å²) in [6.07, 6.45) is 1.41. The largest absolute Gasteiger partial charge is 0.391 e. The molecule has 0 bridgehead atoms. The van der Waals surface area contributed by atoms with Gasteiger partial charge in [0, 0.05) is 19.0 Å². The number of amides is 1. The van der Waals surface area contributed by atoms with E-state index in [2.05, 4.69) is 33.0 Å². The molecule has 0 spiro atoms. The Balaban J connectivity index is 4.42. The molecule has 18 heavy (non-hydrogen) atoms. The Labute approximate surface area is 111 Å². The van der Waals surface area contributed by atoms with Crippen LogP contribution in [0.2, 0.25) is 0 Å². The quantitative estimate of drug-likeness (QED) is 0.618. The van der Waals surface area contributed by atoms with Crippen molar-refractivity contribution in [2.45, 2.75) is 59.1 Å². The number of nitrogens with one attached hydrogen (secondary N) is 1. The van der Waals surface area contributed by atoms with E-state index in [-0.39, 0.29) is 17.9 Å². The lowest BCUT2D eigenvalue weighted by atomic mass is 9.87. The third-order valence-corrected chi connectivity index (χ3v) is 3.14. The smallest absolute Gasteiger partial charge is 0.222 e. The van der Waals surface area contributed by atoms with Gasteiger partial charge in [-0.25, -0.2) is 0 Å². The second kappa shape index (κ2) is 8.48. The summed E-state index contributed by atoms with van der Waals surface area (Å²) in [4.78, 5) is 11.8. The fraction of sp³-hybridized carbons (Fsp3) is 0.929. The average molecular weight is 258 g/mol. The van der Waals surface area contributed by atoms with E-state index in [0.717, 1.165) is 12.8 Å². The molecule has 0 unspecified atom stereocenters. The standard InChI is InChI=1S/C14H30N2O2/c1-9(2)6-11(14(18)16-5)8-13(17)12(15)7-10(3)4/h9-13,17H,6-8,15H2,1-5H3,(H,16,18)/t11-,12+,13+/m1/s1. The molecule has 0 aromatic heterocycles. The van der Waals surface area contributed by atoms with Crippen LogP contribution in [0.25, 0.3) is 0 Å². The summed E-state index contributed by atoms with van der Waals surface area (Å²) in [6.45, 7) is 8.32. The third-order valence-electron chi connectivity index (χ3n) is 3.14. The van der Waals surface area contributed by atoms with Crippen molar-refractivity contribution in [3.63, 3.8) is 0 Å². The van der Waals surface area contributed by atoms with Crippen LogP contribution in [0, 0.1) is 17.8 Å². The molecule has 4 nitrogen and oxygen atoms in total. The molecule has 0 aromatic carbocycles. The number of aliphatic hydroxyl groups excluding tert-OH is 1. The summed E-state index contributed by atoms with van der Waals surface area (Å²) in [7, 11) is 1.64. The molecule has 0 radical (unpaired) electrons. The van der Waals surface area contributed by atoms with Gasteiger partial charge in [0.2, 0.25) is 5.91 Å². The predicted molar refractivity (Wildman–Crippen MR) is 75.1 cm³/mol. The Hall–Kier alpha value is -0.610. The van der Waals surface area contributed by atoms with Crippen LogP contribution in [0.15, 0.2) is 0 Å². The van der Waals surface area contributed by atoms with Crippen molar-refractivity contribution < 1.29 is 9.90 Å². The van der Waals surface area contributed by atoms with Gasteiger partial charge in [-0.1, -0.05) is 27.7 Å². The van der Waals surface area contributed by atoms with E-state index in [1.54, 1.807) is 7.05 Å². The Morgan fingerprint density at radius 2 is 1.61 bits per heavy atom. The first-order valence-electron chi connectivity index (χ1n) is 6.93. The average Bonchev–Trinajstić information content (AvgIpc) is 2.25. The maximum atomic E-state index is 11.8. The molecule has 108 valence electrons. The second-order valence-electron chi connectivity index (χ2n) is 6.04. The van der Waals surface area contributed by atoms with Crippen molar-refractivity contribution in [2.75, 3.05) is 7.05 Å². The molecule has 0 fully saturated rings. The van der Waals surface area contributed by atoms with Crippen LogP contribution in [-0.2, 0) is 4.79 Å². The van der Waals surface area contributed by atoms with E-state index < -0.39 is 6.10 Å². The molecule has 4 N–H and O–H groups in total. The summed E-state index contributed by atoms with van der Waals surface area (Å²) in [5.41, 5.74) is 5.96. The number of nitrogens with two attached hydrogens (primary N) is 1. The second-order valence-corrected chi connectivity index (χ2v) is 6.04. The molecule has 0 aliphatic carbocycles. The van der Waals surface area contributed by atoms with Crippen molar-refractivity contribution in [3.8, 4) is 0 Å². The summed E-state index contributed by atoms with van der Waals surface area (Å²) in [5.74, 6) is 0.738. The summed E-state index contributed by atoms with van der Waals surface area (Å²) < 4.78 is 0. The first-order valence-corrected chi connectivity index (χ1v) is 6.93. The molecule has 0 aliphatic rings. The Morgan fingerprint density at radius 1 is 1.11 bits per heavy atom. The molecule has 0 saturated carbocycles. The molecule has 3 atom stereocenters. The van der Waals surface area contributed by atoms with E-state index in [9.17, 15) is 9.90 Å². The highest BCUT2D eigenvalue weighted by Crippen LogP contribution is 2.20. The highest BCUT2D eigenvalue weighted by molar-refractivity contribution is 5.78. The zero-order chi connectivity index (χ0) is 14.3. The van der Waals surface area contributed by atoms with Gasteiger partial charge in [0.1, 0.15) is 0 Å². The monoisotopic (exact) mass is 258 g/mol. The molecule has 0 saturated heterocycles. The van der Waals surface area contributed by atoms with Crippen molar-refractivity contribution in [1.29, 1.82) is 0 Å². The lowest BCUT2D eigenvalue weighted by Gasteiger charge is -2.25. The highest BCUT2D eigenvalue weighted by Gasteiger charge is 2.25.